The van der Waals surface area contributed by atoms with Gasteiger partial charge in [-0.3, -0.25) is 0 Å². The average Bonchev–Trinajstić information content (AvgIpc) is 3.07. The minimum atomic E-state index is -3.52. The van der Waals surface area contributed by atoms with Crippen molar-refractivity contribution in [1.82, 2.24) is 19.6 Å². The molecule has 2 N–H and O–H groups in total. The molecule has 2 aromatic rings. The fourth-order valence-corrected chi connectivity index (χ4v) is 2.45. The molecule has 0 bridgehead atoms. The van der Waals surface area contributed by atoms with Crippen molar-refractivity contribution in [2.75, 3.05) is 14.1 Å². The quantitative estimate of drug-likeness (QED) is 0.833. The van der Waals surface area contributed by atoms with E-state index in [1.54, 1.807) is 18.5 Å². The maximum atomic E-state index is 11.9. The summed E-state index contributed by atoms with van der Waals surface area (Å²) in [5.41, 5.74) is 0. The van der Waals surface area contributed by atoms with Crippen LogP contribution in [0.3, 0.4) is 0 Å². The Morgan fingerprint density at radius 1 is 1.45 bits per heavy atom. The third-order valence-electron chi connectivity index (χ3n) is 2.88. The van der Waals surface area contributed by atoms with Gasteiger partial charge in [-0.1, -0.05) is 0 Å². The minimum absolute atomic E-state index is 0.0176. The maximum Gasteiger partial charge on any atom is 0.275 e. The summed E-state index contributed by atoms with van der Waals surface area (Å²) in [6, 6.07) is 3.13. The highest BCUT2D eigenvalue weighted by Gasteiger charge is 2.21. The van der Waals surface area contributed by atoms with E-state index in [9.17, 15) is 8.42 Å². The summed E-state index contributed by atoms with van der Waals surface area (Å²) in [6.45, 7) is 2.38. The van der Waals surface area contributed by atoms with E-state index >= 15 is 0 Å². The molecule has 2 aromatic heterocycles. The first-order valence-corrected chi connectivity index (χ1v) is 7.59. The number of aromatic amines is 1. The lowest BCUT2D eigenvalue weighted by Crippen LogP contribution is -2.21. The first kappa shape index (κ1) is 14.8. The van der Waals surface area contributed by atoms with Crippen LogP contribution in [-0.4, -0.2) is 36.8 Å². The molecule has 0 aliphatic carbocycles. The molecule has 1 atom stereocenters. The molecule has 0 fully saturated rings. The Morgan fingerprint density at radius 3 is 2.80 bits per heavy atom. The number of furan rings is 1. The SMILES string of the molecule is CC(NCc1ccc(S(=O)(=O)N(C)C)o1)c1ncc[nH]1. The first-order chi connectivity index (χ1) is 9.41. The lowest BCUT2D eigenvalue weighted by molar-refractivity contribution is 0.381. The number of imidazole rings is 1. The van der Waals surface area contributed by atoms with Gasteiger partial charge in [0.1, 0.15) is 11.6 Å². The summed E-state index contributed by atoms with van der Waals surface area (Å²) in [5.74, 6) is 1.38. The monoisotopic (exact) mass is 298 g/mol. The van der Waals surface area contributed by atoms with Crippen molar-refractivity contribution in [3.63, 3.8) is 0 Å². The van der Waals surface area contributed by atoms with E-state index < -0.39 is 10.0 Å². The molecule has 8 heteroatoms. The predicted molar refractivity (Wildman–Crippen MR) is 73.4 cm³/mol. The molecule has 0 aliphatic rings. The van der Waals surface area contributed by atoms with Crippen LogP contribution in [0, 0.1) is 0 Å². The summed E-state index contributed by atoms with van der Waals surface area (Å²) in [5, 5.41) is 3.15. The van der Waals surface area contributed by atoms with Crippen LogP contribution < -0.4 is 5.32 Å². The van der Waals surface area contributed by atoms with Crippen LogP contribution in [0.4, 0.5) is 0 Å². The second kappa shape index (κ2) is 5.78. The summed E-state index contributed by atoms with van der Waals surface area (Å²) in [7, 11) is -0.583. The number of hydrogen-bond acceptors (Lipinski definition) is 5. The topological polar surface area (TPSA) is 91.2 Å². The molecule has 7 nitrogen and oxygen atoms in total. The van der Waals surface area contributed by atoms with Crippen molar-refractivity contribution in [1.29, 1.82) is 0 Å². The Hall–Kier alpha value is -1.64. The molecule has 2 heterocycles. The number of aromatic nitrogens is 2. The Morgan fingerprint density at radius 2 is 2.20 bits per heavy atom. The smallest absolute Gasteiger partial charge is 0.275 e. The molecular weight excluding hydrogens is 280 g/mol. The van der Waals surface area contributed by atoms with E-state index in [0.717, 1.165) is 10.1 Å². The fraction of sp³-hybridized carbons (Fsp3) is 0.417. The molecule has 0 spiro atoms. The van der Waals surface area contributed by atoms with E-state index in [1.807, 2.05) is 6.92 Å². The number of nitrogens with one attached hydrogen (secondary N) is 2. The highest BCUT2D eigenvalue weighted by molar-refractivity contribution is 7.88. The van der Waals surface area contributed by atoms with Gasteiger partial charge in [-0.25, -0.2) is 17.7 Å². The molecule has 2 rings (SSSR count). The number of nitrogens with zero attached hydrogens (tertiary/aromatic N) is 2. The fourth-order valence-electron chi connectivity index (χ4n) is 1.64. The molecular formula is C12H18N4O3S. The van der Waals surface area contributed by atoms with Crippen LogP contribution in [0.25, 0.3) is 0 Å². The third kappa shape index (κ3) is 3.09. The van der Waals surface area contributed by atoms with Crippen molar-refractivity contribution >= 4 is 10.0 Å². The molecule has 20 heavy (non-hydrogen) atoms. The Kier molecular flexibility index (Phi) is 4.26. The van der Waals surface area contributed by atoms with Gasteiger partial charge in [-0.15, -0.1) is 0 Å². The van der Waals surface area contributed by atoms with Crippen LogP contribution in [-0.2, 0) is 16.6 Å². The van der Waals surface area contributed by atoms with Crippen molar-refractivity contribution in [2.24, 2.45) is 0 Å². The van der Waals surface area contributed by atoms with Crippen LogP contribution in [0.15, 0.2) is 34.0 Å². The second-order valence-electron chi connectivity index (χ2n) is 4.59. The number of rotatable bonds is 6. The van der Waals surface area contributed by atoms with Crippen molar-refractivity contribution in [2.45, 2.75) is 24.6 Å². The molecule has 0 saturated carbocycles. The van der Waals surface area contributed by atoms with Gasteiger partial charge in [0.25, 0.3) is 10.0 Å². The molecule has 110 valence electrons. The largest absolute Gasteiger partial charge is 0.447 e. The summed E-state index contributed by atoms with van der Waals surface area (Å²) >= 11 is 0. The number of sulfonamides is 1. The molecule has 0 radical (unpaired) electrons. The summed E-state index contributed by atoms with van der Waals surface area (Å²) < 4.78 is 30.2. The zero-order valence-corrected chi connectivity index (χ0v) is 12.4. The Balaban J connectivity index is 2.00. The lowest BCUT2D eigenvalue weighted by atomic mass is 10.3. The zero-order chi connectivity index (χ0) is 14.8. The summed E-state index contributed by atoms with van der Waals surface area (Å²) in [4.78, 5) is 7.16. The first-order valence-electron chi connectivity index (χ1n) is 6.15. The average molecular weight is 298 g/mol. The molecule has 0 aliphatic heterocycles. The number of H-pyrrole nitrogens is 1. The standard InChI is InChI=1S/C12H18N4O3S/c1-9(12-13-6-7-14-12)15-8-10-4-5-11(19-10)20(17,18)16(2)3/h4-7,9,15H,8H2,1-3H3,(H,13,14). The summed E-state index contributed by atoms with van der Waals surface area (Å²) in [6.07, 6.45) is 3.43. The second-order valence-corrected chi connectivity index (χ2v) is 6.67. The predicted octanol–water partition coefficient (Wildman–Crippen LogP) is 1.10. The van der Waals surface area contributed by atoms with E-state index in [1.165, 1.54) is 20.2 Å². The Bertz CT molecular complexity index is 646. The van der Waals surface area contributed by atoms with Crippen LogP contribution in [0.1, 0.15) is 24.6 Å². The molecule has 0 amide bonds. The van der Waals surface area contributed by atoms with Crippen LogP contribution >= 0.6 is 0 Å². The lowest BCUT2D eigenvalue weighted by Gasteiger charge is -2.10. The highest BCUT2D eigenvalue weighted by Crippen LogP contribution is 2.17. The highest BCUT2D eigenvalue weighted by atomic mass is 32.2. The van der Waals surface area contributed by atoms with Crippen molar-refractivity contribution in [3.8, 4) is 0 Å². The zero-order valence-electron chi connectivity index (χ0n) is 11.6. The third-order valence-corrected chi connectivity index (χ3v) is 4.57. The van der Waals surface area contributed by atoms with Crippen molar-refractivity contribution < 1.29 is 12.8 Å². The van der Waals surface area contributed by atoms with Crippen LogP contribution in [0.2, 0.25) is 0 Å². The van der Waals surface area contributed by atoms with Gasteiger partial charge in [-0.2, -0.15) is 0 Å². The van der Waals surface area contributed by atoms with Gasteiger partial charge >= 0.3 is 0 Å². The van der Waals surface area contributed by atoms with Gasteiger partial charge in [0.2, 0.25) is 5.09 Å². The Labute approximate surface area is 118 Å². The van der Waals surface area contributed by atoms with E-state index in [2.05, 4.69) is 15.3 Å². The van der Waals surface area contributed by atoms with Crippen molar-refractivity contribution in [3.05, 3.63) is 36.1 Å². The van der Waals surface area contributed by atoms with Crippen LogP contribution in [0.5, 0.6) is 0 Å². The van der Waals surface area contributed by atoms with E-state index in [0.29, 0.717) is 12.3 Å². The molecule has 0 aromatic carbocycles. The van der Waals surface area contributed by atoms with E-state index in [-0.39, 0.29) is 11.1 Å². The van der Waals surface area contributed by atoms with E-state index in [4.69, 9.17) is 4.42 Å². The van der Waals surface area contributed by atoms with Gasteiger partial charge in [-0.05, 0) is 19.1 Å². The van der Waals surface area contributed by atoms with Gasteiger partial charge < -0.3 is 14.7 Å². The normalized spacial score (nSPS) is 13.8. The maximum absolute atomic E-state index is 11.9. The minimum Gasteiger partial charge on any atom is -0.447 e. The number of hydrogen-bond donors (Lipinski definition) is 2. The molecule has 0 saturated heterocycles. The van der Waals surface area contributed by atoms with Gasteiger partial charge in [0.15, 0.2) is 0 Å². The molecule has 1 unspecified atom stereocenters. The van der Waals surface area contributed by atoms with Gasteiger partial charge in [0, 0.05) is 26.5 Å². The van der Waals surface area contributed by atoms with Gasteiger partial charge in [0.05, 0.1) is 12.6 Å².